The molecule has 0 bridgehead atoms. The number of aliphatic hydroxyl groups excluding tert-OH is 1. The second kappa shape index (κ2) is 2.62. The molecule has 0 saturated heterocycles. The number of nitrogens with one attached hydrogen (secondary N) is 1. The van der Waals surface area contributed by atoms with E-state index in [-0.39, 0.29) is 12.2 Å². The van der Waals surface area contributed by atoms with Crippen LogP contribution in [0, 0.1) is 5.95 Å². The van der Waals surface area contributed by atoms with E-state index < -0.39 is 11.4 Å². The molecule has 0 saturated carbocycles. The Morgan fingerprint density at radius 1 is 1.70 bits per heavy atom. The molecule has 1 heterocycles. The van der Waals surface area contributed by atoms with E-state index in [0.717, 1.165) is 12.3 Å². The van der Waals surface area contributed by atoms with Gasteiger partial charge in [0.25, 0.3) is 0 Å². The number of aliphatic hydroxyl groups is 1. The summed E-state index contributed by atoms with van der Waals surface area (Å²) in [5.41, 5.74) is -0.319. The van der Waals surface area contributed by atoms with E-state index in [0.29, 0.717) is 0 Å². The lowest BCUT2D eigenvalue weighted by atomic mass is 10.3. The van der Waals surface area contributed by atoms with Gasteiger partial charge in [-0.05, 0) is 0 Å². The maximum atomic E-state index is 12.1. The fourth-order valence-corrected chi connectivity index (χ4v) is 0.600. The van der Waals surface area contributed by atoms with Crippen molar-refractivity contribution in [3.63, 3.8) is 0 Å². The van der Waals surface area contributed by atoms with Crippen LogP contribution in [0.3, 0.4) is 0 Å². The van der Waals surface area contributed by atoms with Crippen LogP contribution in [0.15, 0.2) is 17.1 Å². The summed E-state index contributed by atoms with van der Waals surface area (Å²) in [4.78, 5) is 12.8. The number of aromatic amines is 1. The first-order valence-corrected chi connectivity index (χ1v) is 2.72. The summed E-state index contributed by atoms with van der Waals surface area (Å²) in [6, 6.07) is 0.797. The summed E-state index contributed by atoms with van der Waals surface area (Å²) >= 11 is 0. The zero-order chi connectivity index (χ0) is 7.56. The standard InChI is InChI=1S/C6H6FNO2/c7-6-1-5(10)4(3-9)2-8-6/h1-2,9H,3H2,(H,8,10). The lowest BCUT2D eigenvalue weighted by Crippen LogP contribution is -2.08. The molecule has 3 nitrogen and oxygen atoms in total. The molecule has 0 amide bonds. The second-order valence-corrected chi connectivity index (χ2v) is 1.83. The molecule has 1 aromatic rings. The van der Waals surface area contributed by atoms with Crippen LogP contribution in [-0.4, -0.2) is 10.1 Å². The Balaban J connectivity index is 3.20. The third-order valence-corrected chi connectivity index (χ3v) is 1.13. The SMILES string of the molecule is O=c1cc(F)[nH]cc1CO. The Morgan fingerprint density at radius 2 is 2.40 bits per heavy atom. The number of pyridine rings is 1. The highest BCUT2D eigenvalue weighted by Gasteiger charge is 1.97. The van der Waals surface area contributed by atoms with Crippen LogP contribution in [0.4, 0.5) is 4.39 Å². The van der Waals surface area contributed by atoms with Gasteiger partial charge in [0, 0.05) is 17.8 Å². The highest BCUT2D eigenvalue weighted by Crippen LogP contribution is 1.89. The Labute approximate surface area is 56.1 Å². The molecule has 2 N–H and O–H groups in total. The number of hydrogen-bond acceptors (Lipinski definition) is 2. The summed E-state index contributed by atoms with van der Waals surface area (Å²) in [6.45, 7) is -0.365. The molecule has 0 spiro atoms. The van der Waals surface area contributed by atoms with Crippen molar-refractivity contribution < 1.29 is 9.50 Å². The van der Waals surface area contributed by atoms with Gasteiger partial charge in [-0.2, -0.15) is 4.39 Å². The van der Waals surface area contributed by atoms with Gasteiger partial charge in [-0.15, -0.1) is 0 Å². The van der Waals surface area contributed by atoms with E-state index >= 15 is 0 Å². The van der Waals surface area contributed by atoms with Crippen molar-refractivity contribution in [2.45, 2.75) is 6.61 Å². The fourth-order valence-electron chi connectivity index (χ4n) is 0.600. The molecule has 0 unspecified atom stereocenters. The van der Waals surface area contributed by atoms with Crippen LogP contribution in [0.25, 0.3) is 0 Å². The van der Waals surface area contributed by atoms with Crippen molar-refractivity contribution in [2.75, 3.05) is 0 Å². The largest absolute Gasteiger partial charge is 0.391 e. The molecular weight excluding hydrogens is 137 g/mol. The van der Waals surface area contributed by atoms with Crippen LogP contribution < -0.4 is 5.43 Å². The van der Waals surface area contributed by atoms with Gasteiger partial charge in [0.1, 0.15) is 0 Å². The van der Waals surface area contributed by atoms with Gasteiger partial charge in [-0.1, -0.05) is 0 Å². The lowest BCUT2D eigenvalue weighted by Gasteiger charge is -1.92. The van der Waals surface area contributed by atoms with Crippen molar-refractivity contribution in [1.29, 1.82) is 0 Å². The first-order valence-electron chi connectivity index (χ1n) is 2.72. The van der Waals surface area contributed by atoms with Crippen molar-refractivity contribution in [2.24, 2.45) is 0 Å². The first kappa shape index (κ1) is 6.95. The summed E-state index contributed by atoms with van der Waals surface area (Å²) in [7, 11) is 0. The van der Waals surface area contributed by atoms with Gasteiger partial charge >= 0.3 is 0 Å². The van der Waals surface area contributed by atoms with Gasteiger partial charge < -0.3 is 10.1 Å². The third kappa shape index (κ3) is 1.22. The summed E-state index contributed by atoms with van der Waals surface area (Å²) < 4.78 is 12.1. The number of hydrogen-bond donors (Lipinski definition) is 2. The minimum absolute atomic E-state index is 0.168. The molecule has 0 aliphatic rings. The highest BCUT2D eigenvalue weighted by molar-refractivity contribution is 5.08. The van der Waals surface area contributed by atoms with E-state index in [1.54, 1.807) is 0 Å². The predicted octanol–water partition coefficient (Wildman–Crippen LogP) is 0.00630. The molecule has 0 aromatic carbocycles. The molecule has 1 rings (SSSR count). The van der Waals surface area contributed by atoms with Crippen molar-refractivity contribution >= 4 is 0 Å². The summed E-state index contributed by atoms with van der Waals surface area (Å²) in [6.07, 6.45) is 1.15. The van der Waals surface area contributed by atoms with Crippen LogP contribution in [-0.2, 0) is 6.61 Å². The number of H-pyrrole nitrogens is 1. The average Bonchev–Trinajstić information content (AvgIpc) is 1.88. The number of halogens is 1. The molecule has 10 heavy (non-hydrogen) atoms. The molecular formula is C6H6FNO2. The fraction of sp³-hybridized carbons (Fsp3) is 0.167. The van der Waals surface area contributed by atoms with Crippen molar-refractivity contribution in [1.82, 2.24) is 4.98 Å². The maximum absolute atomic E-state index is 12.1. The van der Waals surface area contributed by atoms with E-state index in [2.05, 4.69) is 4.98 Å². The minimum Gasteiger partial charge on any atom is -0.391 e. The molecule has 54 valence electrons. The number of aromatic nitrogens is 1. The molecule has 0 radical (unpaired) electrons. The van der Waals surface area contributed by atoms with Gasteiger partial charge in [0.05, 0.1) is 6.61 Å². The predicted molar refractivity (Wildman–Crippen MR) is 32.9 cm³/mol. The van der Waals surface area contributed by atoms with Crippen LogP contribution in [0.5, 0.6) is 0 Å². The zero-order valence-corrected chi connectivity index (χ0v) is 5.10. The van der Waals surface area contributed by atoms with E-state index in [1.165, 1.54) is 0 Å². The third-order valence-electron chi connectivity index (χ3n) is 1.13. The molecule has 1 aromatic heterocycles. The topological polar surface area (TPSA) is 53.1 Å². The van der Waals surface area contributed by atoms with Gasteiger partial charge in [-0.3, -0.25) is 4.79 Å². The smallest absolute Gasteiger partial charge is 0.194 e. The Kier molecular flexibility index (Phi) is 1.82. The molecule has 0 aliphatic carbocycles. The van der Waals surface area contributed by atoms with Crippen molar-refractivity contribution in [3.05, 3.63) is 34.0 Å². The Morgan fingerprint density at radius 3 is 2.90 bits per heavy atom. The number of rotatable bonds is 1. The van der Waals surface area contributed by atoms with Crippen LogP contribution in [0.1, 0.15) is 5.56 Å². The monoisotopic (exact) mass is 143 g/mol. The minimum atomic E-state index is -0.692. The van der Waals surface area contributed by atoms with Gasteiger partial charge in [0.15, 0.2) is 11.4 Å². The molecule has 0 fully saturated rings. The van der Waals surface area contributed by atoms with E-state index in [4.69, 9.17) is 5.11 Å². The molecule has 0 atom stereocenters. The maximum Gasteiger partial charge on any atom is 0.194 e. The molecule has 4 heteroatoms. The van der Waals surface area contributed by atoms with E-state index in [1.807, 2.05) is 0 Å². The highest BCUT2D eigenvalue weighted by atomic mass is 19.1. The first-order chi connectivity index (χ1) is 4.74. The molecule has 0 aliphatic heterocycles. The second-order valence-electron chi connectivity index (χ2n) is 1.83. The van der Waals surface area contributed by atoms with E-state index in [9.17, 15) is 9.18 Å². The Hall–Kier alpha value is -1.16. The Bertz CT molecular complexity index is 281. The normalized spacial score (nSPS) is 9.80. The lowest BCUT2D eigenvalue weighted by molar-refractivity contribution is 0.280. The van der Waals surface area contributed by atoms with Gasteiger partial charge in [0.2, 0.25) is 0 Å². The zero-order valence-electron chi connectivity index (χ0n) is 5.10. The summed E-state index contributed by atoms with van der Waals surface area (Å²) in [5, 5.41) is 8.47. The van der Waals surface area contributed by atoms with Gasteiger partial charge in [-0.25, -0.2) is 0 Å². The van der Waals surface area contributed by atoms with Crippen LogP contribution >= 0.6 is 0 Å². The van der Waals surface area contributed by atoms with Crippen molar-refractivity contribution in [3.8, 4) is 0 Å². The quantitative estimate of drug-likeness (QED) is 0.544. The van der Waals surface area contributed by atoms with Crippen LogP contribution in [0.2, 0.25) is 0 Å². The summed E-state index contributed by atoms with van der Waals surface area (Å²) in [5.74, 6) is -0.692. The average molecular weight is 143 g/mol.